The van der Waals surface area contributed by atoms with Crippen LogP contribution in [0.1, 0.15) is 20.3 Å². The Balaban J connectivity index is 2.23. The maximum absolute atomic E-state index is 11.9. The number of carbonyl (C=O) groups excluding carboxylic acids is 1. The molecule has 1 atom stereocenters. The van der Waals surface area contributed by atoms with Crippen molar-refractivity contribution in [2.45, 2.75) is 26.3 Å². The van der Waals surface area contributed by atoms with Crippen molar-refractivity contribution in [3.8, 4) is 0 Å². The van der Waals surface area contributed by atoms with Gasteiger partial charge in [0.05, 0.1) is 0 Å². The van der Waals surface area contributed by atoms with Crippen molar-refractivity contribution in [2.24, 2.45) is 5.73 Å². The van der Waals surface area contributed by atoms with Gasteiger partial charge in [0, 0.05) is 58.8 Å². The predicted molar refractivity (Wildman–Crippen MR) is 74.5 cm³/mol. The van der Waals surface area contributed by atoms with Crippen molar-refractivity contribution in [2.75, 3.05) is 52.9 Å². The third-order valence-corrected chi connectivity index (χ3v) is 3.95. The van der Waals surface area contributed by atoms with E-state index in [1.54, 1.807) is 4.90 Å². The number of carbonyl (C=O) groups is 1. The van der Waals surface area contributed by atoms with Gasteiger partial charge < -0.3 is 20.4 Å². The lowest BCUT2D eigenvalue weighted by atomic mass is 10.2. The van der Waals surface area contributed by atoms with Gasteiger partial charge in [-0.05, 0) is 13.5 Å². The lowest BCUT2D eigenvalue weighted by molar-refractivity contribution is -0.131. The van der Waals surface area contributed by atoms with Gasteiger partial charge in [-0.3, -0.25) is 4.79 Å². The van der Waals surface area contributed by atoms with Gasteiger partial charge in [-0.1, -0.05) is 6.92 Å². The molecule has 1 saturated heterocycles. The third-order valence-electron chi connectivity index (χ3n) is 3.95. The van der Waals surface area contributed by atoms with Crippen molar-refractivity contribution in [1.82, 2.24) is 14.7 Å². The molecule has 1 unspecified atom stereocenters. The van der Waals surface area contributed by atoms with Crippen LogP contribution in [0.25, 0.3) is 0 Å². The number of nitrogens with zero attached hydrogens (tertiary/aromatic N) is 3. The second kappa shape index (κ2) is 7.71. The molecular formula is C13H28N4O. The molecule has 18 heavy (non-hydrogen) atoms. The first-order valence-corrected chi connectivity index (χ1v) is 6.99. The molecule has 1 aliphatic rings. The average Bonchev–Trinajstić information content (AvgIpc) is 2.43. The molecule has 1 fully saturated rings. The maximum Gasteiger partial charge on any atom is 0.223 e. The number of amides is 1. The number of hydrogen-bond acceptors (Lipinski definition) is 4. The van der Waals surface area contributed by atoms with Gasteiger partial charge >= 0.3 is 0 Å². The van der Waals surface area contributed by atoms with E-state index in [1.165, 1.54) is 0 Å². The van der Waals surface area contributed by atoms with Crippen LogP contribution in [-0.2, 0) is 4.79 Å². The molecule has 1 amide bonds. The molecule has 5 heteroatoms. The number of hydrogen-bond donors (Lipinski definition) is 1. The lowest BCUT2D eigenvalue weighted by Crippen LogP contribution is -2.47. The summed E-state index contributed by atoms with van der Waals surface area (Å²) in [5.74, 6) is 0.200. The highest BCUT2D eigenvalue weighted by Gasteiger charge is 2.18. The van der Waals surface area contributed by atoms with Gasteiger partial charge in [0.1, 0.15) is 0 Å². The minimum absolute atomic E-state index is 0.134. The predicted octanol–water partition coefficient (Wildman–Crippen LogP) is -0.180. The Morgan fingerprint density at radius 1 is 1.28 bits per heavy atom. The zero-order valence-electron chi connectivity index (χ0n) is 12.1. The summed E-state index contributed by atoms with van der Waals surface area (Å²) in [5.41, 5.74) is 5.57. The van der Waals surface area contributed by atoms with Crippen LogP contribution >= 0.6 is 0 Å². The van der Waals surface area contributed by atoms with Gasteiger partial charge in [0.2, 0.25) is 5.91 Å². The molecule has 1 rings (SSSR count). The summed E-state index contributed by atoms with van der Waals surface area (Å²) in [7, 11) is 1.84. The summed E-state index contributed by atoms with van der Waals surface area (Å²) in [6, 6.07) is 0.134. The Morgan fingerprint density at radius 3 is 2.33 bits per heavy atom. The van der Waals surface area contributed by atoms with E-state index in [0.717, 1.165) is 39.3 Å². The molecule has 0 bridgehead atoms. The fourth-order valence-corrected chi connectivity index (χ4v) is 2.16. The zero-order chi connectivity index (χ0) is 13.5. The molecule has 1 aliphatic heterocycles. The molecule has 5 nitrogen and oxygen atoms in total. The number of piperazine rings is 1. The van der Waals surface area contributed by atoms with Crippen molar-refractivity contribution >= 4 is 5.91 Å². The summed E-state index contributed by atoms with van der Waals surface area (Å²) >= 11 is 0. The van der Waals surface area contributed by atoms with Gasteiger partial charge in [-0.15, -0.1) is 0 Å². The van der Waals surface area contributed by atoms with Crippen LogP contribution in [0.15, 0.2) is 0 Å². The topological polar surface area (TPSA) is 52.8 Å². The summed E-state index contributed by atoms with van der Waals surface area (Å²) in [6.07, 6.45) is 0.604. The van der Waals surface area contributed by atoms with E-state index in [1.807, 2.05) is 14.0 Å². The van der Waals surface area contributed by atoms with Crippen molar-refractivity contribution in [1.29, 1.82) is 0 Å². The first kappa shape index (κ1) is 15.4. The Morgan fingerprint density at radius 2 is 1.83 bits per heavy atom. The van der Waals surface area contributed by atoms with E-state index in [-0.39, 0.29) is 11.9 Å². The van der Waals surface area contributed by atoms with E-state index in [4.69, 9.17) is 5.73 Å². The molecule has 0 spiro atoms. The highest BCUT2D eigenvalue weighted by Crippen LogP contribution is 2.04. The van der Waals surface area contributed by atoms with Gasteiger partial charge in [0.15, 0.2) is 0 Å². The second-order valence-electron chi connectivity index (χ2n) is 5.12. The van der Waals surface area contributed by atoms with Crippen LogP contribution in [0.5, 0.6) is 0 Å². The molecule has 0 aromatic heterocycles. The van der Waals surface area contributed by atoms with E-state index >= 15 is 0 Å². The minimum atomic E-state index is 0.134. The Kier molecular flexibility index (Phi) is 6.60. The highest BCUT2D eigenvalue weighted by molar-refractivity contribution is 5.76. The smallest absolute Gasteiger partial charge is 0.223 e. The molecular weight excluding hydrogens is 228 g/mol. The van der Waals surface area contributed by atoms with Crippen LogP contribution in [0.3, 0.4) is 0 Å². The first-order chi connectivity index (χ1) is 8.58. The molecule has 1 heterocycles. The van der Waals surface area contributed by atoms with E-state index < -0.39 is 0 Å². The van der Waals surface area contributed by atoms with E-state index in [9.17, 15) is 4.79 Å². The van der Waals surface area contributed by atoms with E-state index in [2.05, 4.69) is 16.7 Å². The Bertz CT molecular complexity index is 251. The summed E-state index contributed by atoms with van der Waals surface area (Å²) in [6.45, 7) is 11.1. The largest absolute Gasteiger partial charge is 0.342 e. The monoisotopic (exact) mass is 256 g/mol. The fourth-order valence-electron chi connectivity index (χ4n) is 2.16. The summed E-state index contributed by atoms with van der Waals surface area (Å²) < 4.78 is 0. The molecule has 0 aliphatic carbocycles. The highest BCUT2D eigenvalue weighted by atomic mass is 16.2. The standard InChI is InChI=1S/C13H28N4O/c1-4-16-7-9-17(10-8-16)6-5-13(18)15(3)12(2)11-14/h12H,4-11,14H2,1-3H3. The first-order valence-electron chi connectivity index (χ1n) is 6.99. The quantitative estimate of drug-likeness (QED) is 0.716. The van der Waals surface area contributed by atoms with Crippen molar-refractivity contribution in [3.05, 3.63) is 0 Å². The van der Waals surface area contributed by atoms with Crippen molar-refractivity contribution in [3.63, 3.8) is 0 Å². The van der Waals surface area contributed by atoms with Gasteiger partial charge in [-0.25, -0.2) is 0 Å². The van der Waals surface area contributed by atoms with E-state index in [0.29, 0.717) is 13.0 Å². The number of likely N-dealkylation sites (N-methyl/N-ethyl adjacent to an activating group) is 2. The summed E-state index contributed by atoms with van der Waals surface area (Å²) in [4.78, 5) is 18.5. The minimum Gasteiger partial charge on any atom is -0.342 e. The number of nitrogens with two attached hydrogens (primary N) is 1. The van der Waals surface area contributed by atoms with Crippen LogP contribution in [-0.4, -0.2) is 79.5 Å². The average molecular weight is 256 g/mol. The Labute approximate surface area is 111 Å². The zero-order valence-corrected chi connectivity index (χ0v) is 12.1. The van der Waals surface area contributed by atoms with Gasteiger partial charge in [-0.2, -0.15) is 0 Å². The van der Waals surface area contributed by atoms with Crippen LogP contribution in [0, 0.1) is 0 Å². The summed E-state index contributed by atoms with van der Waals surface area (Å²) in [5, 5.41) is 0. The fraction of sp³-hybridized carbons (Fsp3) is 0.923. The molecule has 2 N–H and O–H groups in total. The van der Waals surface area contributed by atoms with Crippen LogP contribution in [0.2, 0.25) is 0 Å². The Hall–Kier alpha value is -0.650. The van der Waals surface area contributed by atoms with Gasteiger partial charge in [0.25, 0.3) is 0 Å². The second-order valence-corrected chi connectivity index (χ2v) is 5.12. The molecule has 0 saturated carbocycles. The molecule has 0 aromatic rings. The molecule has 0 radical (unpaired) electrons. The molecule has 106 valence electrons. The SMILES string of the molecule is CCN1CCN(CCC(=O)N(C)C(C)CN)CC1. The van der Waals surface area contributed by atoms with Crippen LogP contribution < -0.4 is 5.73 Å². The van der Waals surface area contributed by atoms with Crippen molar-refractivity contribution < 1.29 is 4.79 Å². The lowest BCUT2D eigenvalue weighted by Gasteiger charge is -2.34. The third kappa shape index (κ3) is 4.55. The maximum atomic E-state index is 11.9. The number of rotatable bonds is 6. The normalized spacial score (nSPS) is 19.8. The van der Waals surface area contributed by atoms with Crippen LogP contribution in [0.4, 0.5) is 0 Å². The molecule has 0 aromatic carbocycles.